The Morgan fingerprint density at radius 1 is 1.80 bits per heavy atom. The van der Waals surface area contributed by atoms with Gasteiger partial charge in [0.1, 0.15) is 0 Å². The maximum atomic E-state index is 10.4. The van der Waals surface area contributed by atoms with Gasteiger partial charge < -0.3 is 5.11 Å². The summed E-state index contributed by atoms with van der Waals surface area (Å²) in [6, 6.07) is -1.33. The molecule has 3 heteroatoms. The molecule has 0 aromatic heterocycles. The summed E-state index contributed by atoms with van der Waals surface area (Å²) in [6.07, 6.45) is 0. The molecular weight excluding hydrogens is 326 g/mol. The molecule has 0 aliphatic carbocycles. The van der Waals surface area contributed by atoms with Crippen molar-refractivity contribution in [3.8, 4) is 0 Å². The van der Waals surface area contributed by atoms with Crippen LogP contribution < -0.4 is 0 Å². The van der Waals surface area contributed by atoms with Crippen LogP contribution in [0.4, 0.5) is 4.39 Å². The first-order valence-electron chi connectivity index (χ1n) is 0.766. The molecule has 0 aliphatic heterocycles. The zero-order chi connectivity index (χ0) is 3.58. The van der Waals surface area contributed by atoms with E-state index in [4.69, 9.17) is 5.11 Å². The summed E-state index contributed by atoms with van der Waals surface area (Å²) in [6.45, 7) is 2.44. The SMILES string of the molecule is C=C(O)F.[Rf]. The molecule has 0 aromatic carbocycles. The smallest absolute Gasteiger partial charge is 0.262 e. The fourth-order valence-electron chi connectivity index (χ4n) is 0. The number of hydrogen-bond acceptors (Lipinski definition) is 1. The van der Waals surface area contributed by atoms with Gasteiger partial charge in [-0.05, 0) is 6.58 Å². The number of aliphatic hydroxyl groups is 1. The van der Waals surface area contributed by atoms with Crippen molar-refractivity contribution in [3.63, 3.8) is 0 Å². The van der Waals surface area contributed by atoms with Gasteiger partial charge in [-0.25, -0.2) is 0 Å². The van der Waals surface area contributed by atoms with Crippen molar-refractivity contribution in [2.75, 3.05) is 0 Å². The molecule has 0 amide bonds. The second-order valence-electron chi connectivity index (χ2n) is 0.376. The number of aliphatic hydroxyl groups excluding tert-OH is 1. The molecule has 0 aromatic rings. The number of hydrogen-bond donors (Lipinski definition) is 1. The molecular formula is C2H3FORf. The summed E-state index contributed by atoms with van der Waals surface area (Å²) in [5.74, 6) is 0. The Hall–Kier alpha value is -1.53. The van der Waals surface area contributed by atoms with Gasteiger partial charge in [0.2, 0.25) is 0 Å². The van der Waals surface area contributed by atoms with Crippen molar-refractivity contribution in [2.45, 2.75) is 0 Å². The van der Waals surface area contributed by atoms with E-state index in [0.717, 1.165) is 0 Å². The molecule has 0 saturated carbocycles. The predicted molar refractivity (Wildman–Crippen MR) is 12.9 cm³/mol. The van der Waals surface area contributed by atoms with Gasteiger partial charge in [-0.3, -0.25) is 0 Å². The van der Waals surface area contributed by atoms with E-state index in [1.165, 1.54) is 0 Å². The summed E-state index contributed by atoms with van der Waals surface area (Å²) in [5.41, 5.74) is 0. The van der Waals surface area contributed by atoms with E-state index in [0.29, 0.717) is 0 Å². The fraction of sp³-hybridized carbons (Fsp3) is 0. The van der Waals surface area contributed by atoms with Crippen LogP contribution in [0.5, 0.6) is 0 Å². The molecule has 0 spiro atoms. The molecule has 0 bridgehead atoms. The Bertz CT molecular complexity index is 32.6. The van der Waals surface area contributed by atoms with Gasteiger partial charge in [-0.15, -0.1) is 0 Å². The first-order chi connectivity index (χ1) is 1.73. The van der Waals surface area contributed by atoms with E-state index in [1.54, 1.807) is 0 Å². The van der Waals surface area contributed by atoms with Crippen LogP contribution in [0.25, 0.3) is 0 Å². The van der Waals surface area contributed by atoms with Crippen molar-refractivity contribution in [3.05, 3.63) is 12.6 Å². The second kappa shape index (κ2) is 2.47. The molecule has 1 N–H and O–H groups in total. The minimum atomic E-state index is -1.33. The molecule has 0 fully saturated rings. The maximum absolute atomic E-state index is 10.4. The average molecular weight is 329 g/mol. The number of halogens is 1. The molecule has 1 nitrogen and oxygen atoms in total. The van der Waals surface area contributed by atoms with Crippen molar-refractivity contribution in [1.29, 1.82) is 0 Å². The molecule has 0 unspecified atom stereocenters. The van der Waals surface area contributed by atoms with Crippen LogP contribution >= 0.6 is 0 Å². The average Bonchev–Trinajstić information content (AvgIpc) is 0.811. The number of rotatable bonds is 0. The van der Waals surface area contributed by atoms with Gasteiger partial charge in [0.15, 0.2) is 0 Å². The zero-order valence-electron chi connectivity index (χ0n) is 2.74. The van der Waals surface area contributed by atoms with E-state index in [1.807, 2.05) is 0 Å². The van der Waals surface area contributed by atoms with Gasteiger partial charge in [-0.1, -0.05) is 0 Å². The van der Waals surface area contributed by atoms with E-state index in [-0.39, 0.29) is 0 Å². The third-order valence-electron chi connectivity index (χ3n) is 0. The Morgan fingerprint density at radius 3 is 1.80 bits per heavy atom. The van der Waals surface area contributed by atoms with Gasteiger partial charge in [0, 0.05) is 0 Å². The zero-order valence-corrected chi connectivity index (χ0v) is 9.14. The first kappa shape index (κ1) is 9.80. The summed E-state index contributed by atoms with van der Waals surface area (Å²) in [4.78, 5) is 0. The van der Waals surface area contributed by atoms with Crippen molar-refractivity contribution < 1.29 is 9.50 Å². The third kappa shape index (κ3) is 0.233. The molecule has 0 heterocycles. The monoisotopic (exact) mass is 329 g/mol. The summed E-state index contributed by atoms with van der Waals surface area (Å²) in [5, 5.41) is 7.19. The summed E-state index contributed by atoms with van der Waals surface area (Å²) < 4.78 is 10.4. The molecule has 0 atom stereocenters. The normalized spacial score (nSPS) is 5.00. The van der Waals surface area contributed by atoms with E-state index < -0.39 is 6.01 Å². The second-order valence-corrected chi connectivity index (χ2v) is 0.376. The third-order valence-corrected chi connectivity index (χ3v) is 0. The molecule has 26 valence electrons. The van der Waals surface area contributed by atoms with Crippen LogP contribution in [0.1, 0.15) is 0 Å². The van der Waals surface area contributed by atoms with Crippen molar-refractivity contribution in [1.82, 2.24) is 0 Å². The topological polar surface area (TPSA) is 20.2 Å². The van der Waals surface area contributed by atoms with Gasteiger partial charge in [-0.2, -0.15) is 4.39 Å². The molecule has 0 rings (SSSR count). The van der Waals surface area contributed by atoms with E-state index in [2.05, 4.69) is 6.58 Å². The van der Waals surface area contributed by atoms with Crippen LogP contribution in [0.15, 0.2) is 12.6 Å². The van der Waals surface area contributed by atoms with Crippen LogP contribution in [-0.4, -0.2) is 5.11 Å². The summed E-state index contributed by atoms with van der Waals surface area (Å²) in [7, 11) is 0. The van der Waals surface area contributed by atoms with Crippen LogP contribution in [0, 0.1) is 0 Å². The van der Waals surface area contributed by atoms with Crippen LogP contribution in [-0.2, 0) is 0 Å². The fourth-order valence-corrected chi connectivity index (χ4v) is 0. The molecule has 0 saturated heterocycles. The maximum Gasteiger partial charge on any atom is 0.262 e. The van der Waals surface area contributed by atoms with Gasteiger partial charge >= 0.3 is 0 Å². The Balaban J connectivity index is 0. The summed E-state index contributed by atoms with van der Waals surface area (Å²) >= 11 is 0. The quantitative estimate of drug-likeness (QED) is 0.657. The van der Waals surface area contributed by atoms with E-state index in [9.17, 15) is 4.39 Å². The van der Waals surface area contributed by atoms with Crippen LogP contribution in [0.3, 0.4) is 0 Å². The minimum Gasteiger partial charge on any atom is -0.487 e. The van der Waals surface area contributed by atoms with Crippen molar-refractivity contribution in [2.24, 2.45) is 0 Å². The van der Waals surface area contributed by atoms with Gasteiger partial charge in [0.25, 0.3) is 6.01 Å². The largest absolute Gasteiger partial charge is 0.487 e. The molecule has 0 aliphatic rings. The molecule has 0 radical (unpaired) electrons. The predicted octanol–water partition coefficient (Wildman–Crippen LogP) is 0.985. The Morgan fingerprint density at radius 2 is 1.80 bits per heavy atom. The Labute approximate surface area is 23.4 Å². The molecule has 5 heavy (non-hydrogen) atoms. The van der Waals surface area contributed by atoms with Crippen LogP contribution in [0.2, 0.25) is 0 Å². The standard InChI is InChI=1S/C2H3FO.Rf/c1-2(3)4;/h4H,1H2;. The van der Waals surface area contributed by atoms with E-state index >= 15 is 0 Å². The minimum absolute atomic E-state index is 0. The Kier molecular flexibility index (Phi) is 4.84. The first-order valence-corrected chi connectivity index (χ1v) is 0.766. The van der Waals surface area contributed by atoms with Crippen molar-refractivity contribution >= 4 is 0 Å². The van der Waals surface area contributed by atoms with Gasteiger partial charge in [0.05, 0.1) is 0 Å².